The molecule has 0 atom stereocenters. The molecule has 16 heteroatoms. The number of amides is 4. The van der Waals surface area contributed by atoms with E-state index in [-0.39, 0.29) is 29.8 Å². The molecule has 5 aromatic rings. The number of alkyl halides is 3. The van der Waals surface area contributed by atoms with Crippen LogP contribution in [-0.4, -0.2) is 86.9 Å². The summed E-state index contributed by atoms with van der Waals surface area (Å²) in [6.07, 6.45) is 7.12. The molecule has 13 nitrogen and oxygen atoms in total. The van der Waals surface area contributed by atoms with Gasteiger partial charge in [0.25, 0.3) is 5.91 Å². The first kappa shape index (κ1) is 40.2. The number of anilines is 3. The van der Waals surface area contributed by atoms with Crippen molar-refractivity contribution in [3.8, 4) is 0 Å². The lowest BCUT2D eigenvalue weighted by atomic mass is 9.85. The van der Waals surface area contributed by atoms with Gasteiger partial charge >= 0.3 is 12.2 Å². The van der Waals surface area contributed by atoms with Gasteiger partial charge in [0, 0.05) is 84.1 Å². The van der Waals surface area contributed by atoms with Gasteiger partial charge in [-0.1, -0.05) is 18.2 Å². The fraction of sp³-hybridized carbons (Fsp3) is 0.442. The van der Waals surface area contributed by atoms with E-state index >= 15 is 0 Å². The van der Waals surface area contributed by atoms with Crippen LogP contribution in [0.25, 0.3) is 21.7 Å². The minimum atomic E-state index is -4.69. The van der Waals surface area contributed by atoms with Crippen LogP contribution in [0.3, 0.4) is 0 Å². The standard InChI is InChI=1S/C43H48F3N9O4/c1-42(2,59)32-21-34-27(20-35(32)49-40(57)33-7-5-9-38(48-33)43(44,45)46)25-55(51-34)29-12-10-26(11-13-29)24-52(3)28-14-17-53(18-15-28)36-8-4-6-30-31(36)22-47-23-37(30)54-19-16-39(56)50-41(54)58/h4-9,20-23,25-26,28-29,59H,10-19,24H2,1-3H3,(H,49,57)(H,50,56,58)/t26-,29-. The molecule has 1 aliphatic carbocycles. The topological polar surface area (TPSA) is 149 Å². The summed E-state index contributed by atoms with van der Waals surface area (Å²) in [5, 5.41) is 23.6. The molecule has 2 aliphatic heterocycles. The van der Waals surface area contributed by atoms with E-state index in [0.717, 1.165) is 92.1 Å². The lowest BCUT2D eigenvalue weighted by Gasteiger charge is -2.40. The van der Waals surface area contributed by atoms with E-state index < -0.39 is 29.4 Å². The van der Waals surface area contributed by atoms with E-state index in [1.165, 1.54) is 6.07 Å². The number of nitrogens with one attached hydrogen (secondary N) is 2. The molecule has 1 saturated carbocycles. The molecule has 0 unspecified atom stereocenters. The van der Waals surface area contributed by atoms with Gasteiger partial charge in [-0.3, -0.25) is 29.5 Å². The summed E-state index contributed by atoms with van der Waals surface area (Å²) in [5.74, 6) is -0.529. The number of hydrogen-bond donors (Lipinski definition) is 3. The lowest BCUT2D eigenvalue weighted by Crippen LogP contribution is -2.49. The van der Waals surface area contributed by atoms with Crippen LogP contribution in [0.4, 0.5) is 35.0 Å². The van der Waals surface area contributed by atoms with Crippen molar-refractivity contribution >= 4 is 56.6 Å². The molecule has 3 N–H and O–H groups in total. The Bertz CT molecular complexity index is 2400. The van der Waals surface area contributed by atoms with E-state index in [1.807, 2.05) is 29.2 Å². The summed E-state index contributed by atoms with van der Waals surface area (Å²) in [4.78, 5) is 52.0. The van der Waals surface area contributed by atoms with Crippen LogP contribution < -0.4 is 20.4 Å². The van der Waals surface area contributed by atoms with Gasteiger partial charge in [-0.15, -0.1) is 0 Å². The number of aliphatic hydroxyl groups is 1. The zero-order valence-corrected chi connectivity index (χ0v) is 33.3. The summed E-state index contributed by atoms with van der Waals surface area (Å²) in [7, 11) is 2.23. The quantitative estimate of drug-likeness (QED) is 0.140. The number of pyridine rings is 2. The molecule has 5 heterocycles. The summed E-state index contributed by atoms with van der Waals surface area (Å²) in [6.45, 7) is 6.29. The lowest BCUT2D eigenvalue weighted by molar-refractivity contribution is -0.141. The van der Waals surface area contributed by atoms with Crippen molar-refractivity contribution in [2.45, 2.75) is 82.7 Å². The molecule has 0 radical (unpaired) electrons. The minimum Gasteiger partial charge on any atom is -0.386 e. The first-order valence-electron chi connectivity index (χ1n) is 20.2. The maximum absolute atomic E-state index is 13.3. The Morgan fingerprint density at radius 3 is 2.41 bits per heavy atom. The van der Waals surface area contributed by atoms with Crippen LogP contribution in [0.2, 0.25) is 0 Å². The molecule has 0 bridgehead atoms. The number of fused-ring (bicyclic) bond motifs is 2. The van der Waals surface area contributed by atoms with Crippen LogP contribution in [0.15, 0.2) is 67.1 Å². The molecule has 3 fully saturated rings. The number of carbonyl (C=O) groups excluding carboxylic acids is 3. The van der Waals surface area contributed by atoms with E-state index in [0.29, 0.717) is 35.3 Å². The van der Waals surface area contributed by atoms with Crippen LogP contribution in [0.1, 0.15) is 86.6 Å². The van der Waals surface area contributed by atoms with Crippen LogP contribution in [-0.2, 0) is 16.6 Å². The van der Waals surface area contributed by atoms with Crippen LogP contribution >= 0.6 is 0 Å². The fourth-order valence-corrected chi connectivity index (χ4v) is 8.94. The van der Waals surface area contributed by atoms with Crippen molar-refractivity contribution in [2.24, 2.45) is 5.92 Å². The first-order chi connectivity index (χ1) is 28.1. The molecule has 4 amide bonds. The smallest absolute Gasteiger partial charge is 0.386 e. The number of hydrogen-bond acceptors (Lipinski definition) is 9. The van der Waals surface area contributed by atoms with Crippen molar-refractivity contribution in [2.75, 3.05) is 48.3 Å². The van der Waals surface area contributed by atoms with E-state index in [2.05, 4.69) is 43.5 Å². The third-order valence-electron chi connectivity index (χ3n) is 12.1. The molecular formula is C43H48F3N9O4. The number of benzene rings is 2. The third kappa shape index (κ3) is 8.46. The summed E-state index contributed by atoms with van der Waals surface area (Å²) in [5.41, 5.74) is 0.193. The van der Waals surface area contributed by atoms with E-state index in [1.54, 1.807) is 37.1 Å². The van der Waals surface area contributed by atoms with E-state index in [9.17, 15) is 32.7 Å². The Kier molecular flexibility index (Phi) is 10.8. The summed E-state index contributed by atoms with van der Waals surface area (Å²) < 4.78 is 41.8. The van der Waals surface area contributed by atoms with Gasteiger partial charge in [0.2, 0.25) is 5.91 Å². The Morgan fingerprint density at radius 2 is 1.69 bits per heavy atom. The van der Waals surface area contributed by atoms with Crippen molar-refractivity contribution in [1.82, 2.24) is 30.0 Å². The predicted molar refractivity (Wildman–Crippen MR) is 218 cm³/mol. The normalized spacial score (nSPS) is 19.8. The van der Waals surface area contributed by atoms with Gasteiger partial charge in [-0.25, -0.2) is 9.78 Å². The average Bonchev–Trinajstić information content (AvgIpc) is 3.63. The molecule has 8 rings (SSSR count). The van der Waals surface area contributed by atoms with Crippen LogP contribution in [0, 0.1) is 5.92 Å². The SMILES string of the molecule is CN(C[C@H]1CC[C@H](n2cc3cc(NC(=O)c4cccc(C(F)(F)F)n4)c(C(C)(C)O)cc3n2)CC1)C1CCN(c2cccc3c(N4CCC(=O)NC4=O)cncc23)CC1. The monoisotopic (exact) mass is 811 g/mol. The largest absolute Gasteiger partial charge is 0.433 e. The molecule has 59 heavy (non-hydrogen) atoms. The average molecular weight is 812 g/mol. The maximum Gasteiger partial charge on any atom is 0.433 e. The number of halogens is 3. The van der Waals surface area contributed by atoms with Gasteiger partial charge in [0.1, 0.15) is 11.4 Å². The fourth-order valence-electron chi connectivity index (χ4n) is 8.94. The van der Waals surface area contributed by atoms with Gasteiger partial charge in [0.05, 0.1) is 29.0 Å². The van der Waals surface area contributed by atoms with Crippen LogP contribution in [0.5, 0.6) is 0 Å². The van der Waals surface area contributed by atoms with Gasteiger partial charge in [-0.05, 0) is 95.7 Å². The van der Waals surface area contributed by atoms with Crippen molar-refractivity contribution in [3.05, 3.63) is 84.1 Å². The number of nitrogens with zero attached hydrogens (tertiary/aromatic N) is 7. The second-order valence-corrected chi connectivity index (χ2v) is 16.6. The summed E-state index contributed by atoms with van der Waals surface area (Å²) >= 11 is 0. The highest BCUT2D eigenvalue weighted by molar-refractivity contribution is 6.11. The first-order valence-corrected chi connectivity index (χ1v) is 20.2. The zero-order chi connectivity index (χ0) is 41.6. The van der Waals surface area contributed by atoms with Crippen molar-refractivity contribution < 1.29 is 32.7 Å². The highest BCUT2D eigenvalue weighted by Crippen LogP contribution is 2.38. The Balaban J connectivity index is 0.876. The molecule has 3 aromatic heterocycles. The van der Waals surface area contributed by atoms with Crippen molar-refractivity contribution in [3.63, 3.8) is 0 Å². The number of carbonyl (C=O) groups is 3. The Hall–Kier alpha value is -5.61. The van der Waals surface area contributed by atoms with E-state index in [4.69, 9.17) is 5.10 Å². The highest BCUT2D eigenvalue weighted by Gasteiger charge is 2.34. The number of urea groups is 1. The Labute approximate surface area is 339 Å². The van der Waals surface area contributed by atoms with Crippen molar-refractivity contribution in [1.29, 1.82) is 0 Å². The highest BCUT2D eigenvalue weighted by atomic mass is 19.4. The second kappa shape index (κ2) is 15.9. The number of imide groups is 1. The van der Waals surface area contributed by atoms with Gasteiger partial charge in [-0.2, -0.15) is 18.3 Å². The molecule has 310 valence electrons. The minimum absolute atomic E-state index is 0.188. The second-order valence-electron chi connectivity index (χ2n) is 16.6. The predicted octanol–water partition coefficient (Wildman–Crippen LogP) is 7.26. The maximum atomic E-state index is 13.3. The third-order valence-corrected chi connectivity index (χ3v) is 12.1. The summed E-state index contributed by atoms with van der Waals surface area (Å²) in [6, 6.07) is 13.0. The number of rotatable bonds is 9. The number of aromatic nitrogens is 4. The Morgan fingerprint density at radius 1 is 0.949 bits per heavy atom. The molecule has 2 saturated heterocycles. The molecular weight excluding hydrogens is 764 g/mol. The number of piperidine rings is 1. The molecule has 3 aliphatic rings. The molecule has 0 spiro atoms. The molecule has 2 aromatic carbocycles. The van der Waals surface area contributed by atoms with Gasteiger partial charge in [0.15, 0.2) is 0 Å². The zero-order valence-electron chi connectivity index (χ0n) is 33.3. The van der Waals surface area contributed by atoms with Gasteiger partial charge < -0.3 is 20.2 Å².